The van der Waals surface area contributed by atoms with Crippen LogP contribution in [-0.2, 0) is 17.6 Å². The van der Waals surface area contributed by atoms with E-state index in [4.69, 9.17) is 4.42 Å². The van der Waals surface area contributed by atoms with Crippen molar-refractivity contribution in [2.24, 2.45) is 0 Å². The number of nitrogens with zero attached hydrogens (tertiary/aromatic N) is 3. The molecule has 1 fully saturated rings. The summed E-state index contributed by atoms with van der Waals surface area (Å²) in [5.41, 5.74) is 3.22. The molecule has 6 nitrogen and oxygen atoms in total. The summed E-state index contributed by atoms with van der Waals surface area (Å²) < 4.78 is 18.5. The predicted molar refractivity (Wildman–Crippen MR) is 118 cm³/mol. The molecule has 1 N–H and O–H groups in total. The van der Waals surface area contributed by atoms with Gasteiger partial charge in [-0.3, -0.25) is 4.79 Å². The summed E-state index contributed by atoms with van der Waals surface area (Å²) in [7, 11) is 2.16. The van der Waals surface area contributed by atoms with Crippen LogP contribution in [-0.4, -0.2) is 60.5 Å². The molecule has 3 aromatic rings. The third-order valence-corrected chi connectivity index (χ3v) is 5.53. The molecule has 1 amide bonds. The number of hydrogen-bond acceptors (Lipinski definition) is 5. The first-order valence-electron chi connectivity index (χ1n) is 10.6. The van der Waals surface area contributed by atoms with E-state index in [1.54, 1.807) is 12.1 Å². The average molecular weight is 423 g/mol. The highest BCUT2D eigenvalue weighted by atomic mass is 19.1. The largest absolute Gasteiger partial charge is 0.444 e. The third-order valence-electron chi connectivity index (χ3n) is 5.53. The normalized spacial score (nSPS) is 15.2. The Bertz CT molecular complexity index is 993. The SMILES string of the molecule is CN1CCN(CCc2ccc(NC(=O)Cc3coc(-c4ccc(F)cc4)n3)cc2)CC1. The molecule has 0 radical (unpaired) electrons. The maximum atomic E-state index is 13.0. The van der Waals surface area contributed by atoms with Crippen molar-refractivity contribution < 1.29 is 13.6 Å². The molecule has 0 bridgehead atoms. The van der Waals surface area contributed by atoms with Crippen LogP contribution < -0.4 is 5.32 Å². The molecule has 2 heterocycles. The lowest BCUT2D eigenvalue weighted by molar-refractivity contribution is -0.115. The fraction of sp³-hybridized carbons (Fsp3) is 0.333. The summed E-state index contributed by atoms with van der Waals surface area (Å²) >= 11 is 0. The highest BCUT2D eigenvalue weighted by molar-refractivity contribution is 5.92. The number of nitrogens with one attached hydrogen (secondary N) is 1. The molecule has 0 spiro atoms. The van der Waals surface area contributed by atoms with Gasteiger partial charge in [-0.15, -0.1) is 0 Å². The summed E-state index contributed by atoms with van der Waals surface area (Å²) in [5, 5.41) is 2.90. The summed E-state index contributed by atoms with van der Waals surface area (Å²) in [6.07, 6.45) is 2.57. The summed E-state index contributed by atoms with van der Waals surface area (Å²) in [4.78, 5) is 21.5. The van der Waals surface area contributed by atoms with E-state index in [0.717, 1.165) is 44.8 Å². The van der Waals surface area contributed by atoms with Crippen molar-refractivity contribution >= 4 is 11.6 Å². The van der Waals surface area contributed by atoms with E-state index in [9.17, 15) is 9.18 Å². The Morgan fingerprint density at radius 1 is 1.06 bits per heavy atom. The predicted octanol–water partition coefficient (Wildman–Crippen LogP) is 3.45. The third kappa shape index (κ3) is 5.99. The van der Waals surface area contributed by atoms with Gasteiger partial charge in [0.05, 0.1) is 12.1 Å². The van der Waals surface area contributed by atoms with Gasteiger partial charge in [0.15, 0.2) is 0 Å². The Kier molecular flexibility index (Phi) is 6.74. The number of likely N-dealkylation sites (N-methyl/N-ethyl adjacent to an activating group) is 1. The molecule has 4 rings (SSSR count). The number of piperazine rings is 1. The summed E-state index contributed by atoms with van der Waals surface area (Å²) in [6.45, 7) is 5.55. The number of carbonyl (C=O) groups excluding carboxylic acids is 1. The second-order valence-corrected chi connectivity index (χ2v) is 7.97. The molecule has 1 saturated heterocycles. The quantitative estimate of drug-likeness (QED) is 0.632. The van der Waals surface area contributed by atoms with Gasteiger partial charge in [-0.25, -0.2) is 9.37 Å². The van der Waals surface area contributed by atoms with Crippen LogP contribution in [0.5, 0.6) is 0 Å². The minimum absolute atomic E-state index is 0.107. The highest BCUT2D eigenvalue weighted by Crippen LogP contribution is 2.19. The van der Waals surface area contributed by atoms with Crippen LogP contribution in [0.4, 0.5) is 10.1 Å². The number of benzene rings is 2. The summed E-state index contributed by atoms with van der Waals surface area (Å²) in [5.74, 6) is -0.114. The van der Waals surface area contributed by atoms with Crippen molar-refractivity contribution in [2.45, 2.75) is 12.8 Å². The van der Waals surface area contributed by atoms with Crippen LogP contribution in [0, 0.1) is 5.82 Å². The highest BCUT2D eigenvalue weighted by Gasteiger charge is 2.14. The van der Waals surface area contributed by atoms with E-state index in [1.807, 2.05) is 12.1 Å². The zero-order chi connectivity index (χ0) is 21.6. The molecule has 7 heteroatoms. The van der Waals surface area contributed by atoms with Crippen molar-refractivity contribution in [3.8, 4) is 11.5 Å². The van der Waals surface area contributed by atoms with Crippen LogP contribution in [0.15, 0.2) is 59.2 Å². The monoisotopic (exact) mass is 422 g/mol. The van der Waals surface area contributed by atoms with Crippen LogP contribution in [0.25, 0.3) is 11.5 Å². The van der Waals surface area contributed by atoms with Gasteiger partial charge in [0.2, 0.25) is 11.8 Å². The lowest BCUT2D eigenvalue weighted by atomic mass is 10.1. The Morgan fingerprint density at radius 2 is 1.77 bits per heavy atom. The van der Waals surface area contributed by atoms with Crippen LogP contribution in [0.1, 0.15) is 11.3 Å². The second-order valence-electron chi connectivity index (χ2n) is 7.97. The lowest BCUT2D eigenvalue weighted by Crippen LogP contribution is -2.45. The van der Waals surface area contributed by atoms with Crippen molar-refractivity contribution in [1.82, 2.24) is 14.8 Å². The summed E-state index contributed by atoms with van der Waals surface area (Å²) in [6, 6.07) is 13.9. The van der Waals surface area contributed by atoms with Crippen molar-refractivity contribution in [2.75, 3.05) is 45.1 Å². The van der Waals surface area contributed by atoms with Gasteiger partial charge in [-0.1, -0.05) is 12.1 Å². The zero-order valence-corrected chi connectivity index (χ0v) is 17.7. The van der Waals surface area contributed by atoms with E-state index >= 15 is 0 Å². The minimum Gasteiger partial charge on any atom is -0.444 e. The van der Waals surface area contributed by atoms with E-state index in [0.29, 0.717) is 17.1 Å². The Balaban J connectivity index is 1.25. The molecule has 162 valence electrons. The minimum atomic E-state index is -0.319. The zero-order valence-electron chi connectivity index (χ0n) is 17.7. The van der Waals surface area contributed by atoms with Crippen molar-refractivity contribution in [3.63, 3.8) is 0 Å². The van der Waals surface area contributed by atoms with E-state index in [2.05, 4.69) is 39.3 Å². The van der Waals surface area contributed by atoms with E-state index < -0.39 is 0 Å². The maximum absolute atomic E-state index is 13.0. The second kappa shape index (κ2) is 9.85. The first kappa shape index (κ1) is 21.2. The van der Waals surface area contributed by atoms with Crippen molar-refractivity contribution in [3.05, 3.63) is 71.9 Å². The number of rotatable bonds is 7. The molecular formula is C24H27FN4O2. The first-order valence-corrected chi connectivity index (χ1v) is 10.6. The first-order chi connectivity index (χ1) is 15.0. The van der Waals surface area contributed by atoms with Crippen LogP contribution in [0.2, 0.25) is 0 Å². The fourth-order valence-electron chi connectivity index (χ4n) is 3.60. The maximum Gasteiger partial charge on any atom is 0.230 e. The van der Waals surface area contributed by atoms with E-state index in [-0.39, 0.29) is 18.1 Å². The van der Waals surface area contributed by atoms with Crippen LogP contribution in [0.3, 0.4) is 0 Å². The number of oxazole rings is 1. The molecule has 0 atom stereocenters. The number of carbonyl (C=O) groups is 1. The number of amides is 1. The van der Waals surface area contributed by atoms with Gasteiger partial charge in [0, 0.05) is 44.0 Å². The van der Waals surface area contributed by atoms with Gasteiger partial charge < -0.3 is 19.5 Å². The number of hydrogen-bond donors (Lipinski definition) is 1. The topological polar surface area (TPSA) is 61.6 Å². The van der Waals surface area contributed by atoms with Gasteiger partial charge in [0.1, 0.15) is 12.1 Å². The molecule has 0 saturated carbocycles. The Labute approximate surface area is 181 Å². The number of halogens is 1. The smallest absolute Gasteiger partial charge is 0.230 e. The molecule has 31 heavy (non-hydrogen) atoms. The van der Waals surface area contributed by atoms with E-state index in [1.165, 1.54) is 24.0 Å². The number of anilines is 1. The molecule has 0 unspecified atom stereocenters. The van der Waals surface area contributed by atoms with Gasteiger partial charge in [0.25, 0.3) is 0 Å². The molecule has 1 aliphatic heterocycles. The van der Waals surface area contributed by atoms with Gasteiger partial charge in [-0.2, -0.15) is 0 Å². The molecule has 2 aromatic carbocycles. The van der Waals surface area contributed by atoms with Gasteiger partial charge >= 0.3 is 0 Å². The Hall–Kier alpha value is -3.03. The van der Waals surface area contributed by atoms with Crippen LogP contribution >= 0.6 is 0 Å². The fourth-order valence-corrected chi connectivity index (χ4v) is 3.60. The van der Waals surface area contributed by atoms with Crippen molar-refractivity contribution in [1.29, 1.82) is 0 Å². The molecule has 1 aliphatic rings. The number of aromatic nitrogens is 1. The lowest BCUT2D eigenvalue weighted by Gasteiger charge is -2.32. The van der Waals surface area contributed by atoms with Gasteiger partial charge in [-0.05, 0) is 55.4 Å². The molecule has 0 aliphatic carbocycles. The standard InChI is InChI=1S/C24H27FN4O2/c1-28-12-14-29(15-13-28)11-10-18-2-8-21(9-3-18)26-23(30)16-22-17-31-24(27-22)19-4-6-20(25)7-5-19/h2-9,17H,10-16H2,1H3,(H,26,30). The Morgan fingerprint density at radius 3 is 2.48 bits per heavy atom. The average Bonchev–Trinajstić information content (AvgIpc) is 3.23. The molecule has 1 aromatic heterocycles. The molecular weight excluding hydrogens is 395 g/mol.